The summed E-state index contributed by atoms with van der Waals surface area (Å²) >= 11 is 3.47. The molecule has 0 saturated carbocycles. The summed E-state index contributed by atoms with van der Waals surface area (Å²) in [5, 5.41) is 1.02. The number of ether oxygens (including phenoxy) is 1. The van der Waals surface area contributed by atoms with Crippen molar-refractivity contribution in [3.8, 4) is 5.75 Å². The molecule has 2 heteroatoms. The van der Waals surface area contributed by atoms with E-state index in [0.717, 1.165) is 23.9 Å². The largest absolute Gasteiger partial charge is 0.497 e. The van der Waals surface area contributed by atoms with Crippen LogP contribution in [0.4, 0.5) is 0 Å². The van der Waals surface area contributed by atoms with Crippen LogP contribution >= 0.6 is 15.9 Å². The Kier molecular flexibility index (Phi) is 2.92. The minimum atomic E-state index is 0.950. The van der Waals surface area contributed by atoms with E-state index in [1.807, 2.05) is 6.07 Å². The van der Waals surface area contributed by atoms with Gasteiger partial charge in [-0.1, -0.05) is 28.1 Å². The van der Waals surface area contributed by atoms with Crippen molar-refractivity contribution in [1.29, 1.82) is 0 Å². The monoisotopic (exact) mass is 252 g/mol. The predicted octanol–water partition coefficient (Wildman–Crippen LogP) is 3.42. The smallest absolute Gasteiger partial charge is 0.119 e. The van der Waals surface area contributed by atoms with Gasteiger partial charge in [0.2, 0.25) is 0 Å². The number of fused-ring (bicyclic) bond motifs is 1. The third kappa shape index (κ3) is 1.71. The molecule has 1 aromatic carbocycles. The maximum absolute atomic E-state index is 5.23. The number of halogens is 1. The molecule has 0 N–H and O–H groups in total. The lowest BCUT2D eigenvalue weighted by Gasteiger charge is -2.06. The summed E-state index contributed by atoms with van der Waals surface area (Å²) in [6.45, 7) is 0. The summed E-state index contributed by atoms with van der Waals surface area (Å²) in [6, 6.07) is 6.33. The van der Waals surface area contributed by atoms with Crippen LogP contribution in [0.5, 0.6) is 5.75 Å². The molecule has 0 spiro atoms. The molecule has 0 saturated heterocycles. The molecule has 0 bridgehead atoms. The minimum Gasteiger partial charge on any atom is -0.497 e. The van der Waals surface area contributed by atoms with Gasteiger partial charge in [0.25, 0.3) is 0 Å². The van der Waals surface area contributed by atoms with E-state index in [1.165, 1.54) is 16.7 Å². The van der Waals surface area contributed by atoms with Crippen molar-refractivity contribution in [1.82, 2.24) is 0 Å². The molecule has 0 fully saturated rings. The van der Waals surface area contributed by atoms with Gasteiger partial charge in [0, 0.05) is 5.33 Å². The molecule has 2 rings (SSSR count). The molecule has 0 aliphatic heterocycles. The zero-order chi connectivity index (χ0) is 9.97. The molecule has 1 aromatic rings. The summed E-state index contributed by atoms with van der Waals surface area (Å²) in [6.07, 6.45) is 4.48. The van der Waals surface area contributed by atoms with Crippen molar-refractivity contribution in [2.24, 2.45) is 0 Å². The summed E-state index contributed by atoms with van der Waals surface area (Å²) in [5.41, 5.74) is 4.22. The number of rotatable bonds is 3. The third-order valence-electron chi connectivity index (χ3n) is 2.60. The first-order chi connectivity index (χ1) is 6.85. The molecule has 74 valence electrons. The fourth-order valence-corrected chi connectivity index (χ4v) is 2.27. The first-order valence-electron chi connectivity index (χ1n) is 4.77. The number of allylic oxidation sites excluding steroid dienone is 2. The second-order valence-corrected chi connectivity index (χ2v) is 4.19. The van der Waals surface area contributed by atoms with Gasteiger partial charge in [-0.3, -0.25) is 0 Å². The first kappa shape index (κ1) is 9.78. The highest BCUT2D eigenvalue weighted by atomic mass is 79.9. The van der Waals surface area contributed by atoms with Crippen LogP contribution in [0.2, 0.25) is 0 Å². The van der Waals surface area contributed by atoms with E-state index >= 15 is 0 Å². The van der Waals surface area contributed by atoms with Crippen LogP contribution in [0.1, 0.15) is 17.5 Å². The Morgan fingerprint density at radius 2 is 2.29 bits per heavy atom. The normalized spacial score (nSPS) is 13.7. The molecule has 0 heterocycles. The summed E-state index contributed by atoms with van der Waals surface area (Å²) < 4.78 is 5.23. The minimum absolute atomic E-state index is 0.950. The molecular formula is C12H13BrO. The van der Waals surface area contributed by atoms with E-state index in [9.17, 15) is 0 Å². The number of hydrogen-bond acceptors (Lipinski definition) is 1. The van der Waals surface area contributed by atoms with Gasteiger partial charge < -0.3 is 4.74 Å². The maximum Gasteiger partial charge on any atom is 0.119 e. The van der Waals surface area contributed by atoms with Gasteiger partial charge in [0.15, 0.2) is 0 Å². The predicted molar refractivity (Wildman–Crippen MR) is 63.1 cm³/mol. The van der Waals surface area contributed by atoms with E-state index in [-0.39, 0.29) is 0 Å². The second kappa shape index (κ2) is 4.18. The SMILES string of the molecule is COc1ccc2c(c1)C(CCBr)=CC2. The Morgan fingerprint density at radius 3 is 3.00 bits per heavy atom. The van der Waals surface area contributed by atoms with Crippen molar-refractivity contribution in [3.05, 3.63) is 35.4 Å². The van der Waals surface area contributed by atoms with Crippen molar-refractivity contribution in [2.45, 2.75) is 12.8 Å². The van der Waals surface area contributed by atoms with Crippen molar-refractivity contribution in [2.75, 3.05) is 12.4 Å². The Labute approximate surface area is 92.9 Å². The van der Waals surface area contributed by atoms with Gasteiger partial charge in [0.1, 0.15) is 5.75 Å². The summed E-state index contributed by atoms with van der Waals surface area (Å²) in [5.74, 6) is 0.950. The molecule has 0 radical (unpaired) electrons. The lowest BCUT2D eigenvalue weighted by Crippen LogP contribution is -1.89. The number of methoxy groups -OCH3 is 1. The van der Waals surface area contributed by atoms with Crippen LogP contribution in [-0.2, 0) is 6.42 Å². The third-order valence-corrected chi connectivity index (χ3v) is 2.99. The van der Waals surface area contributed by atoms with E-state index in [2.05, 4.69) is 34.1 Å². The average molecular weight is 253 g/mol. The quantitative estimate of drug-likeness (QED) is 0.750. The summed E-state index contributed by atoms with van der Waals surface area (Å²) in [7, 11) is 1.71. The molecule has 0 amide bonds. The number of alkyl halides is 1. The van der Waals surface area contributed by atoms with E-state index in [0.29, 0.717) is 0 Å². The Morgan fingerprint density at radius 1 is 1.43 bits per heavy atom. The lowest BCUT2D eigenvalue weighted by molar-refractivity contribution is 0.414. The zero-order valence-electron chi connectivity index (χ0n) is 8.22. The molecule has 0 unspecified atom stereocenters. The average Bonchev–Trinajstić information content (AvgIpc) is 2.61. The van der Waals surface area contributed by atoms with Crippen LogP contribution < -0.4 is 4.74 Å². The van der Waals surface area contributed by atoms with E-state index in [4.69, 9.17) is 4.74 Å². The zero-order valence-corrected chi connectivity index (χ0v) is 9.80. The Balaban J connectivity index is 2.33. The molecule has 0 atom stereocenters. The fraction of sp³-hybridized carbons (Fsp3) is 0.333. The topological polar surface area (TPSA) is 9.23 Å². The molecule has 0 aromatic heterocycles. The highest BCUT2D eigenvalue weighted by Gasteiger charge is 2.13. The van der Waals surface area contributed by atoms with Crippen LogP contribution in [-0.4, -0.2) is 12.4 Å². The first-order valence-corrected chi connectivity index (χ1v) is 5.89. The fourth-order valence-electron chi connectivity index (χ4n) is 1.84. The number of benzene rings is 1. The molecule has 1 aliphatic rings. The van der Waals surface area contributed by atoms with Crippen LogP contribution in [0.25, 0.3) is 5.57 Å². The number of hydrogen-bond donors (Lipinski definition) is 0. The Bertz CT molecular complexity index is 369. The van der Waals surface area contributed by atoms with E-state index in [1.54, 1.807) is 7.11 Å². The highest BCUT2D eigenvalue weighted by Crippen LogP contribution is 2.32. The van der Waals surface area contributed by atoms with Crippen LogP contribution in [0.15, 0.2) is 24.3 Å². The van der Waals surface area contributed by atoms with Crippen LogP contribution in [0.3, 0.4) is 0 Å². The van der Waals surface area contributed by atoms with Gasteiger partial charge in [-0.2, -0.15) is 0 Å². The van der Waals surface area contributed by atoms with Gasteiger partial charge >= 0.3 is 0 Å². The molecule has 14 heavy (non-hydrogen) atoms. The van der Waals surface area contributed by atoms with Crippen molar-refractivity contribution < 1.29 is 4.74 Å². The lowest BCUT2D eigenvalue weighted by atomic mass is 10.0. The standard InChI is InChI=1S/C12H13BrO/c1-14-11-5-4-9-2-3-10(6-7-13)12(9)8-11/h3-5,8H,2,6-7H2,1H3. The van der Waals surface area contributed by atoms with E-state index < -0.39 is 0 Å². The van der Waals surface area contributed by atoms with Gasteiger partial charge in [-0.15, -0.1) is 0 Å². The maximum atomic E-state index is 5.23. The Hall–Kier alpha value is -0.760. The van der Waals surface area contributed by atoms with Crippen molar-refractivity contribution >= 4 is 21.5 Å². The summed E-state index contributed by atoms with van der Waals surface area (Å²) in [4.78, 5) is 0. The van der Waals surface area contributed by atoms with Gasteiger partial charge in [-0.25, -0.2) is 0 Å². The van der Waals surface area contributed by atoms with Crippen molar-refractivity contribution in [3.63, 3.8) is 0 Å². The second-order valence-electron chi connectivity index (χ2n) is 3.40. The molecular weight excluding hydrogens is 240 g/mol. The van der Waals surface area contributed by atoms with Gasteiger partial charge in [0.05, 0.1) is 7.11 Å². The molecule has 1 nitrogen and oxygen atoms in total. The van der Waals surface area contributed by atoms with Crippen LogP contribution in [0, 0.1) is 0 Å². The highest BCUT2D eigenvalue weighted by molar-refractivity contribution is 9.09. The molecule has 1 aliphatic carbocycles. The van der Waals surface area contributed by atoms with Gasteiger partial charge in [-0.05, 0) is 41.7 Å².